The fourth-order valence-electron chi connectivity index (χ4n) is 3.64. The second kappa shape index (κ2) is 9.95. The number of ether oxygens (including phenoxy) is 1. The van der Waals surface area contributed by atoms with Crippen molar-refractivity contribution in [1.82, 2.24) is 19.8 Å². The molecule has 1 atom stereocenters. The van der Waals surface area contributed by atoms with Gasteiger partial charge in [0.25, 0.3) is 0 Å². The number of amides is 1. The third-order valence-electron chi connectivity index (χ3n) is 5.19. The van der Waals surface area contributed by atoms with Crippen molar-refractivity contribution in [2.24, 2.45) is 0 Å². The molecule has 1 aromatic carbocycles. The van der Waals surface area contributed by atoms with E-state index in [2.05, 4.69) is 9.88 Å². The first-order valence-electron chi connectivity index (χ1n) is 10.1. The number of anilines is 1. The van der Waals surface area contributed by atoms with Crippen molar-refractivity contribution in [3.63, 3.8) is 0 Å². The second-order valence-corrected chi connectivity index (χ2v) is 8.00. The molecule has 0 unspecified atom stereocenters. The van der Waals surface area contributed by atoms with Crippen molar-refractivity contribution in [2.45, 2.75) is 25.4 Å². The Balaban J connectivity index is 1.75. The summed E-state index contributed by atoms with van der Waals surface area (Å²) in [5.41, 5.74) is 1.78. The molecule has 1 aliphatic rings. The van der Waals surface area contributed by atoms with E-state index in [0.717, 1.165) is 17.1 Å². The van der Waals surface area contributed by atoms with Crippen LogP contribution in [0.2, 0.25) is 0 Å². The van der Waals surface area contributed by atoms with Crippen LogP contribution in [0.1, 0.15) is 29.4 Å². The molecule has 7 nitrogen and oxygen atoms in total. The van der Waals surface area contributed by atoms with Gasteiger partial charge in [-0.15, -0.1) is 0 Å². The molecule has 0 N–H and O–H groups in total. The molecule has 2 aromatic rings. The Morgan fingerprint density at radius 2 is 2.00 bits per heavy atom. The number of carbonyl (C=O) groups excluding carboxylic acids is 1. The summed E-state index contributed by atoms with van der Waals surface area (Å²) in [6.07, 6.45) is 0.451. The van der Waals surface area contributed by atoms with Gasteiger partial charge in [0.05, 0.1) is 18.8 Å². The van der Waals surface area contributed by atoms with Crippen LogP contribution in [-0.4, -0.2) is 73.6 Å². The number of benzene rings is 1. The molecule has 1 amide bonds. The Morgan fingerprint density at radius 3 is 2.70 bits per heavy atom. The van der Waals surface area contributed by atoms with Crippen molar-refractivity contribution >= 4 is 11.7 Å². The Kier molecular flexibility index (Phi) is 7.33. The predicted molar refractivity (Wildman–Crippen MR) is 114 cm³/mol. The predicted octanol–water partition coefficient (Wildman–Crippen LogP) is 2.28. The normalized spacial score (nSPS) is 16.5. The summed E-state index contributed by atoms with van der Waals surface area (Å²) in [7, 11) is 7.48. The molecule has 3 rings (SSSR count). The molecule has 1 aliphatic heterocycles. The standard InChI is InChI=1S/C22H30FN5O2/c1-26(2)21-12-19(17-11-22(29)28(14-17)8-9-30-4)24-20(25-21)15-27(3)13-16-6-5-7-18(23)10-16/h5-7,10,12,17H,8-9,11,13-15H2,1-4H3/t17-/m1/s1. The molecular formula is C22H30FN5O2. The lowest BCUT2D eigenvalue weighted by Gasteiger charge is -2.20. The number of nitrogens with zero attached hydrogens (tertiary/aromatic N) is 5. The molecule has 0 aliphatic carbocycles. The minimum atomic E-state index is -0.238. The molecule has 2 heterocycles. The van der Waals surface area contributed by atoms with Crippen LogP contribution in [0.3, 0.4) is 0 Å². The maximum Gasteiger partial charge on any atom is 0.223 e. The van der Waals surface area contributed by atoms with E-state index in [4.69, 9.17) is 9.72 Å². The maximum absolute atomic E-state index is 13.5. The van der Waals surface area contributed by atoms with Gasteiger partial charge in [-0.25, -0.2) is 14.4 Å². The molecule has 30 heavy (non-hydrogen) atoms. The van der Waals surface area contributed by atoms with Gasteiger partial charge < -0.3 is 14.5 Å². The van der Waals surface area contributed by atoms with Gasteiger partial charge in [-0.1, -0.05) is 12.1 Å². The minimum Gasteiger partial charge on any atom is -0.383 e. The van der Waals surface area contributed by atoms with Gasteiger partial charge in [0.1, 0.15) is 17.5 Å². The largest absolute Gasteiger partial charge is 0.383 e. The van der Waals surface area contributed by atoms with Gasteiger partial charge in [-0.3, -0.25) is 9.69 Å². The van der Waals surface area contributed by atoms with Crippen LogP contribution < -0.4 is 4.90 Å². The number of halogens is 1. The lowest BCUT2D eigenvalue weighted by Crippen LogP contribution is -2.28. The highest BCUT2D eigenvalue weighted by atomic mass is 19.1. The number of hydrogen-bond acceptors (Lipinski definition) is 6. The van der Waals surface area contributed by atoms with E-state index in [1.807, 2.05) is 43.1 Å². The second-order valence-electron chi connectivity index (χ2n) is 8.00. The quantitative estimate of drug-likeness (QED) is 0.626. The molecule has 1 saturated heterocycles. The minimum absolute atomic E-state index is 0.0448. The molecule has 0 spiro atoms. The lowest BCUT2D eigenvalue weighted by atomic mass is 10.0. The monoisotopic (exact) mass is 415 g/mol. The number of hydrogen-bond donors (Lipinski definition) is 0. The molecule has 1 aromatic heterocycles. The molecule has 0 bridgehead atoms. The fraction of sp³-hybridized carbons (Fsp3) is 0.500. The first-order valence-corrected chi connectivity index (χ1v) is 10.1. The summed E-state index contributed by atoms with van der Waals surface area (Å²) in [5, 5.41) is 0. The highest BCUT2D eigenvalue weighted by molar-refractivity contribution is 5.79. The average Bonchev–Trinajstić information content (AvgIpc) is 3.06. The zero-order valence-corrected chi connectivity index (χ0v) is 18.1. The highest BCUT2D eigenvalue weighted by Gasteiger charge is 2.32. The van der Waals surface area contributed by atoms with Crippen LogP contribution in [0, 0.1) is 5.82 Å². The lowest BCUT2D eigenvalue weighted by molar-refractivity contribution is -0.128. The Hall–Kier alpha value is -2.58. The highest BCUT2D eigenvalue weighted by Crippen LogP contribution is 2.28. The Bertz CT molecular complexity index is 876. The van der Waals surface area contributed by atoms with Crippen molar-refractivity contribution in [3.8, 4) is 0 Å². The van der Waals surface area contributed by atoms with Crippen molar-refractivity contribution in [2.75, 3.05) is 52.8 Å². The van der Waals surface area contributed by atoms with Crippen LogP contribution in [0.5, 0.6) is 0 Å². The molecular weight excluding hydrogens is 385 g/mol. The van der Waals surface area contributed by atoms with Gasteiger partial charge in [-0.05, 0) is 24.7 Å². The number of aromatic nitrogens is 2. The third kappa shape index (κ3) is 5.73. The van der Waals surface area contributed by atoms with Gasteiger partial charge in [-0.2, -0.15) is 0 Å². The summed E-state index contributed by atoms with van der Waals surface area (Å²) in [5.74, 6) is 1.45. The number of rotatable bonds is 9. The first kappa shape index (κ1) is 22.1. The zero-order valence-electron chi connectivity index (χ0n) is 18.1. The van der Waals surface area contributed by atoms with Crippen LogP contribution in [0.15, 0.2) is 30.3 Å². The van der Waals surface area contributed by atoms with Crippen molar-refractivity contribution in [1.29, 1.82) is 0 Å². The van der Waals surface area contributed by atoms with Crippen LogP contribution in [0.25, 0.3) is 0 Å². The number of likely N-dealkylation sites (tertiary alicyclic amines) is 1. The van der Waals surface area contributed by atoms with Gasteiger partial charge in [0.15, 0.2) is 0 Å². The summed E-state index contributed by atoms with van der Waals surface area (Å²) >= 11 is 0. The maximum atomic E-state index is 13.5. The number of carbonyl (C=O) groups is 1. The molecule has 1 fully saturated rings. The third-order valence-corrected chi connectivity index (χ3v) is 5.19. The van der Waals surface area contributed by atoms with E-state index in [1.165, 1.54) is 12.1 Å². The molecule has 0 radical (unpaired) electrons. The van der Waals surface area contributed by atoms with E-state index in [1.54, 1.807) is 13.2 Å². The van der Waals surface area contributed by atoms with E-state index < -0.39 is 0 Å². The zero-order chi connectivity index (χ0) is 21.7. The molecule has 8 heteroatoms. The van der Waals surface area contributed by atoms with Gasteiger partial charge in [0, 0.05) is 59.2 Å². The molecule has 162 valence electrons. The van der Waals surface area contributed by atoms with E-state index >= 15 is 0 Å². The Labute approximate surface area is 177 Å². The summed E-state index contributed by atoms with van der Waals surface area (Å²) in [6, 6.07) is 8.57. The van der Waals surface area contributed by atoms with Crippen molar-refractivity contribution in [3.05, 3.63) is 53.2 Å². The topological polar surface area (TPSA) is 61.8 Å². The molecule has 0 saturated carbocycles. The first-order chi connectivity index (χ1) is 14.4. The van der Waals surface area contributed by atoms with Gasteiger partial charge >= 0.3 is 0 Å². The van der Waals surface area contributed by atoms with E-state index in [9.17, 15) is 9.18 Å². The van der Waals surface area contributed by atoms with Gasteiger partial charge in [0.2, 0.25) is 5.91 Å². The average molecular weight is 416 g/mol. The number of methoxy groups -OCH3 is 1. The Morgan fingerprint density at radius 1 is 1.20 bits per heavy atom. The van der Waals surface area contributed by atoms with Crippen LogP contribution in [0.4, 0.5) is 10.2 Å². The van der Waals surface area contributed by atoms with E-state index in [-0.39, 0.29) is 17.6 Å². The summed E-state index contributed by atoms with van der Waals surface area (Å²) in [6.45, 7) is 2.89. The summed E-state index contributed by atoms with van der Waals surface area (Å²) < 4.78 is 18.6. The van der Waals surface area contributed by atoms with Crippen LogP contribution in [-0.2, 0) is 22.6 Å². The fourth-order valence-corrected chi connectivity index (χ4v) is 3.64. The van der Waals surface area contributed by atoms with Crippen LogP contribution >= 0.6 is 0 Å². The van der Waals surface area contributed by atoms with E-state index in [0.29, 0.717) is 45.0 Å². The SMILES string of the molecule is COCCN1C[C@H](c2cc(N(C)C)nc(CN(C)Cc3cccc(F)c3)n2)CC1=O. The summed E-state index contributed by atoms with van der Waals surface area (Å²) in [4.78, 5) is 27.6. The smallest absolute Gasteiger partial charge is 0.223 e. The van der Waals surface area contributed by atoms with Crippen molar-refractivity contribution < 1.29 is 13.9 Å².